The summed E-state index contributed by atoms with van der Waals surface area (Å²) in [5, 5.41) is 0.797. The standard InChI is InChI=1S/C7H5Cl4N3/c8-2-1-3(9)5(11)6(4(2)10)14-7(12)13/h1H,(H4,12,13,14). The Morgan fingerprint density at radius 3 is 1.79 bits per heavy atom. The third-order valence-corrected chi connectivity index (χ3v) is 2.88. The Morgan fingerprint density at radius 1 is 1.00 bits per heavy atom. The van der Waals surface area contributed by atoms with Crippen LogP contribution in [0, 0.1) is 0 Å². The molecule has 0 atom stereocenters. The van der Waals surface area contributed by atoms with E-state index < -0.39 is 0 Å². The van der Waals surface area contributed by atoms with Crippen LogP contribution in [0.1, 0.15) is 0 Å². The van der Waals surface area contributed by atoms with E-state index in [0.29, 0.717) is 0 Å². The number of hydrogen-bond donors (Lipinski definition) is 2. The van der Waals surface area contributed by atoms with E-state index in [4.69, 9.17) is 57.9 Å². The van der Waals surface area contributed by atoms with Gasteiger partial charge in [0, 0.05) is 0 Å². The minimum Gasteiger partial charge on any atom is -0.370 e. The summed E-state index contributed by atoms with van der Waals surface area (Å²) in [6.07, 6.45) is 0. The Hall–Kier alpha value is -0.350. The quantitative estimate of drug-likeness (QED) is 0.468. The number of guanidine groups is 1. The molecule has 7 heteroatoms. The van der Waals surface area contributed by atoms with Crippen molar-refractivity contribution in [1.29, 1.82) is 0 Å². The van der Waals surface area contributed by atoms with Crippen LogP contribution in [0.4, 0.5) is 5.69 Å². The molecule has 76 valence electrons. The Balaban J connectivity index is 3.47. The van der Waals surface area contributed by atoms with Gasteiger partial charge < -0.3 is 11.5 Å². The van der Waals surface area contributed by atoms with E-state index in [-0.39, 0.29) is 31.7 Å². The van der Waals surface area contributed by atoms with Gasteiger partial charge in [0.25, 0.3) is 0 Å². The maximum atomic E-state index is 5.82. The van der Waals surface area contributed by atoms with Crippen LogP contribution in [-0.2, 0) is 0 Å². The van der Waals surface area contributed by atoms with Gasteiger partial charge in [-0.1, -0.05) is 46.4 Å². The monoisotopic (exact) mass is 271 g/mol. The summed E-state index contributed by atoms with van der Waals surface area (Å²) in [7, 11) is 0. The normalized spacial score (nSPS) is 10.0. The number of nitrogens with two attached hydrogens (primary N) is 2. The molecule has 1 aromatic carbocycles. The Bertz CT molecular complexity index is 372. The van der Waals surface area contributed by atoms with Gasteiger partial charge in [0.15, 0.2) is 5.96 Å². The molecule has 0 amide bonds. The van der Waals surface area contributed by atoms with E-state index in [0.717, 1.165) is 0 Å². The van der Waals surface area contributed by atoms with Crippen molar-refractivity contribution >= 4 is 58.1 Å². The van der Waals surface area contributed by atoms with Crippen molar-refractivity contribution in [3.8, 4) is 0 Å². The summed E-state index contributed by atoms with van der Waals surface area (Å²) < 4.78 is 0. The zero-order chi connectivity index (χ0) is 10.9. The van der Waals surface area contributed by atoms with Crippen LogP contribution in [-0.4, -0.2) is 5.96 Å². The fourth-order valence-electron chi connectivity index (χ4n) is 0.788. The van der Waals surface area contributed by atoms with Crippen molar-refractivity contribution < 1.29 is 0 Å². The van der Waals surface area contributed by atoms with E-state index in [9.17, 15) is 0 Å². The van der Waals surface area contributed by atoms with E-state index in [1.165, 1.54) is 6.07 Å². The zero-order valence-corrected chi connectivity index (χ0v) is 9.71. The largest absolute Gasteiger partial charge is 0.370 e. The molecular formula is C7H5Cl4N3. The van der Waals surface area contributed by atoms with Gasteiger partial charge in [0.1, 0.15) is 5.69 Å². The van der Waals surface area contributed by atoms with Crippen LogP contribution in [0.15, 0.2) is 11.1 Å². The average molecular weight is 273 g/mol. The first-order valence-corrected chi connectivity index (χ1v) is 4.87. The Kier molecular flexibility index (Phi) is 3.72. The summed E-state index contributed by atoms with van der Waals surface area (Å²) in [6, 6.07) is 1.42. The van der Waals surface area contributed by atoms with Gasteiger partial charge in [-0.25, -0.2) is 4.99 Å². The van der Waals surface area contributed by atoms with Crippen LogP contribution in [0.25, 0.3) is 0 Å². The van der Waals surface area contributed by atoms with Crippen LogP contribution in [0.3, 0.4) is 0 Å². The molecule has 3 nitrogen and oxygen atoms in total. The van der Waals surface area contributed by atoms with Crippen LogP contribution in [0.2, 0.25) is 20.1 Å². The molecule has 0 unspecified atom stereocenters. The maximum Gasteiger partial charge on any atom is 0.191 e. The van der Waals surface area contributed by atoms with E-state index >= 15 is 0 Å². The number of benzene rings is 1. The summed E-state index contributed by atoms with van der Waals surface area (Å²) in [4.78, 5) is 3.72. The highest BCUT2D eigenvalue weighted by atomic mass is 35.5. The molecule has 0 heterocycles. The second-order valence-electron chi connectivity index (χ2n) is 2.35. The highest BCUT2D eigenvalue weighted by molar-refractivity contribution is 6.49. The van der Waals surface area contributed by atoms with Gasteiger partial charge in [-0.2, -0.15) is 0 Å². The van der Waals surface area contributed by atoms with Crippen LogP contribution < -0.4 is 11.5 Å². The van der Waals surface area contributed by atoms with Gasteiger partial charge in [-0.05, 0) is 6.07 Å². The lowest BCUT2D eigenvalue weighted by atomic mass is 10.3. The van der Waals surface area contributed by atoms with Gasteiger partial charge in [-0.3, -0.25) is 0 Å². The Morgan fingerprint density at radius 2 is 1.43 bits per heavy atom. The molecule has 0 spiro atoms. The molecule has 1 rings (SSSR count). The molecule has 0 fully saturated rings. The Labute approximate surface area is 101 Å². The van der Waals surface area contributed by atoms with Crippen LogP contribution in [0.5, 0.6) is 0 Å². The second kappa shape index (κ2) is 4.45. The number of aliphatic imine (C=N–C) groups is 1. The lowest BCUT2D eigenvalue weighted by Gasteiger charge is -2.05. The van der Waals surface area contributed by atoms with Gasteiger partial charge in [-0.15, -0.1) is 0 Å². The van der Waals surface area contributed by atoms with Gasteiger partial charge >= 0.3 is 0 Å². The summed E-state index contributed by atoms with van der Waals surface area (Å²) in [6.45, 7) is 0. The first kappa shape index (κ1) is 11.7. The molecule has 0 bridgehead atoms. The molecule has 0 saturated carbocycles. The third kappa shape index (κ3) is 2.36. The maximum absolute atomic E-state index is 5.82. The predicted molar refractivity (Wildman–Crippen MR) is 62.0 cm³/mol. The molecule has 0 aliphatic heterocycles. The first-order chi connectivity index (χ1) is 6.43. The number of nitrogens with zero attached hydrogens (tertiary/aromatic N) is 1. The fraction of sp³-hybridized carbons (Fsp3) is 0. The average Bonchev–Trinajstić information content (AvgIpc) is 2.09. The molecular weight excluding hydrogens is 268 g/mol. The molecule has 1 aromatic rings. The smallest absolute Gasteiger partial charge is 0.191 e. The van der Waals surface area contributed by atoms with E-state index in [1.54, 1.807) is 0 Å². The van der Waals surface area contributed by atoms with Crippen molar-refractivity contribution in [2.24, 2.45) is 16.5 Å². The first-order valence-electron chi connectivity index (χ1n) is 3.36. The molecule has 14 heavy (non-hydrogen) atoms. The SMILES string of the molecule is NC(N)=Nc1c(Cl)c(Cl)cc(Cl)c1Cl. The van der Waals surface area contributed by atoms with E-state index in [2.05, 4.69) is 4.99 Å². The van der Waals surface area contributed by atoms with Crippen molar-refractivity contribution in [2.45, 2.75) is 0 Å². The lowest BCUT2D eigenvalue weighted by Crippen LogP contribution is -2.22. The molecule has 4 N–H and O–H groups in total. The number of rotatable bonds is 1. The highest BCUT2D eigenvalue weighted by Crippen LogP contribution is 2.42. The summed E-state index contributed by atoms with van der Waals surface area (Å²) in [5.41, 5.74) is 10.5. The van der Waals surface area contributed by atoms with Gasteiger partial charge in [0.05, 0.1) is 20.1 Å². The molecule has 0 aliphatic rings. The van der Waals surface area contributed by atoms with Crippen molar-refractivity contribution in [2.75, 3.05) is 0 Å². The zero-order valence-electron chi connectivity index (χ0n) is 6.69. The molecule has 0 radical (unpaired) electrons. The second-order valence-corrected chi connectivity index (χ2v) is 3.92. The molecule has 0 aromatic heterocycles. The summed E-state index contributed by atoms with van der Waals surface area (Å²) in [5.74, 6) is -0.174. The highest BCUT2D eigenvalue weighted by Gasteiger charge is 2.13. The number of hydrogen-bond acceptors (Lipinski definition) is 1. The van der Waals surface area contributed by atoms with Crippen molar-refractivity contribution in [1.82, 2.24) is 0 Å². The van der Waals surface area contributed by atoms with E-state index in [1.807, 2.05) is 0 Å². The minimum absolute atomic E-state index is 0.162. The number of halogens is 4. The topological polar surface area (TPSA) is 64.4 Å². The summed E-state index contributed by atoms with van der Waals surface area (Å²) >= 11 is 23.1. The third-order valence-electron chi connectivity index (χ3n) is 1.33. The molecule has 0 aliphatic carbocycles. The predicted octanol–water partition coefficient (Wildman–Crippen LogP) is 3.21. The van der Waals surface area contributed by atoms with Crippen LogP contribution >= 0.6 is 46.4 Å². The minimum atomic E-state index is -0.174. The fourth-order valence-corrected chi connectivity index (χ4v) is 1.67. The van der Waals surface area contributed by atoms with Gasteiger partial charge in [0.2, 0.25) is 0 Å². The van der Waals surface area contributed by atoms with Crippen molar-refractivity contribution in [3.63, 3.8) is 0 Å². The lowest BCUT2D eigenvalue weighted by molar-refractivity contribution is 1.42. The molecule has 0 saturated heterocycles. The van der Waals surface area contributed by atoms with Crippen molar-refractivity contribution in [3.05, 3.63) is 26.2 Å².